The van der Waals surface area contributed by atoms with Crippen molar-refractivity contribution in [2.45, 2.75) is 25.7 Å². The summed E-state index contributed by atoms with van der Waals surface area (Å²) in [5.41, 5.74) is -0.0638. The van der Waals surface area contributed by atoms with E-state index >= 15 is 0 Å². The highest BCUT2D eigenvalue weighted by atomic mass is 16.5. The Labute approximate surface area is 153 Å². The minimum Gasteiger partial charge on any atom is -0.497 e. The van der Waals surface area contributed by atoms with E-state index in [0.717, 1.165) is 24.2 Å². The lowest BCUT2D eigenvalue weighted by Crippen LogP contribution is -2.48. The molecule has 3 rings (SSSR count). The Morgan fingerprint density at radius 3 is 2.35 bits per heavy atom. The second kappa shape index (κ2) is 6.66. The van der Waals surface area contributed by atoms with Gasteiger partial charge in [-0.1, -0.05) is 25.1 Å². The molecule has 0 aromatic heterocycles. The van der Waals surface area contributed by atoms with Gasteiger partial charge in [-0.2, -0.15) is 15.8 Å². The minimum atomic E-state index is -1.62. The molecule has 0 radical (unpaired) electrons. The summed E-state index contributed by atoms with van der Waals surface area (Å²) in [5, 5.41) is 37.9. The molecular weight excluding hydrogens is 324 g/mol. The summed E-state index contributed by atoms with van der Waals surface area (Å²) in [5.74, 6) is 0.0121. The molecular formula is C21H20N4O. The standard InChI is InChI=1S/C21H20N4O/c1-13-3-8-18-16(9-13)19(14-4-6-15(26-2)7-5-14)17(10-22)20(25)21(18,11-23)12-24/h4-8,13,16-17,19,25H,3,9H2,1-2H3/t13-,16-,17-,19+/m1/s1. The van der Waals surface area contributed by atoms with Gasteiger partial charge in [-0.25, -0.2) is 0 Å². The van der Waals surface area contributed by atoms with Crippen LogP contribution in [0.4, 0.5) is 0 Å². The number of ether oxygens (including phenoxy) is 1. The normalized spacial score (nSPS) is 29.3. The maximum absolute atomic E-state index is 9.82. The predicted octanol–water partition coefficient (Wildman–Crippen LogP) is 3.96. The molecule has 1 fully saturated rings. The molecule has 4 atom stereocenters. The zero-order chi connectivity index (χ0) is 18.9. The van der Waals surface area contributed by atoms with Gasteiger partial charge in [-0.3, -0.25) is 0 Å². The van der Waals surface area contributed by atoms with Crippen molar-refractivity contribution in [3.63, 3.8) is 0 Å². The van der Waals surface area contributed by atoms with Crippen LogP contribution >= 0.6 is 0 Å². The van der Waals surface area contributed by atoms with Crippen molar-refractivity contribution in [2.24, 2.45) is 23.2 Å². The number of hydrogen-bond donors (Lipinski definition) is 1. The molecule has 1 N–H and O–H groups in total. The number of fused-ring (bicyclic) bond motifs is 1. The molecule has 5 heteroatoms. The number of nitrogens with zero attached hydrogens (tertiary/aromatic N) is 3. The lowest BCUT2D eigenvalue weighted by Gasteiger charge is -2.46. The summed E-state index contributed by atoms with van der Waals surface area (Å²) < 4.78 is 5.22. The van der Waals surface area contributed by atoms with E-state index in [1.165, 1.54) is 0 Å². The molecule has 0 saturated heterocycles. The average Bonchev–Trinajstić information content (AvgIpc) is 2.68. The van der Waals surface area contributed by atoms with Gasteiger partial charge in [-0.05, 0) is 47.9 Å². The highest BCUT2D eigenvalue weighted by Gasteiger charge is 2.56. The van der Waals surface area contributed by atoms with E-state index in [0.29, 0.717) is 11.5 Å². The van der Waals surface area contributed by atoms with E-state index in [2.05, 4.69) is 25.1 Å². The van der Waals surface area contributed by atoms with E-state index in [1.807, 2.05) is 30.3 Å². The van der Waals surface area contributed by atoms with E-state index < -0.39 is 11.3 Å². The lowest BCUT2D eigenvalue weighted by atomic mass is 9.53. The molecule has 0 bridgehead atoms. The van der Waals surface area contributed by atoms with Crippen molar-refractivity contribution in [1.29, 1.82) is 21.2 Å². The Balaban J connectivity index is 2.18. The molecule has 130 valence electrons. The maximum Gasteiger partial charge on any atom is 0.203 e. The Kier molecular flexibility index (Phi) is 4.54. The first-order valence-corrected chi connectivity index (χ1v) is 8.67. The van der Waals surface area contributed by atoms with E-state index in [4.69, 9.17) is 10.1 Å². The van der Waals surface area contributed by atoms with Gasteiger partial charge in [0.25, 0.3) is 0 Å². The van der Waals surface area contributed by atoms with Gasteiger partial charge in [-0.15, -0.1) is 0 Å². The van der Waals surface area contributed by atoms with Crippen molar-refractivity contribution >= 4 is 5.71 Å². The number of nitriles is 3. The summed E-state index contributed by atoms with van der Waals surface area (Å²) in [6.45, 7) is 2.14. The topological polar surface area (TPSA) is 104 Å². The fourth-order valence-corrected chi connectivity index (χ4v) is 4.38. The SMILES string of the molecule is COc1ccc([C@H]2[C@@H]3C[C@H](C)CC=C3C(C#N)(C#N)C(=N)[C@@H]2C#N)cc1. The zero-order valence-corrected chi connectivity index (χ0v) is 14.9. The van der Waals surface area contributed by atoms with Crippen molar-refractivity contribution in [2.75, 3.05) is 7.11 Å². The summed E-state index contributed by atoms with van der Waals surface area (Å²) >= 11 is 0. The molecule has 2 aliphatic rings. The first-order valence-electron chi connectivity index (χ1n) is 8.67. The van der Waals surface area contributed by atoms with Crippen LogP contribution in [0.1, 0.15) is 31.2 Å². The molecule has 1 saturated carbocycles. The number of benzene rings is 1. The Morgan fingerprint density at radius 2 is 1.81 bits per heavy atom. The zero-order valence-electron chi connectivity index (χ0n) is 14.9. The minimum absolute atomic E-state index is 0.0924. The van der Waals surface area contributed by atoms with Crippen LogP contribution in [0.3, 0.4) is 0 Å². The molecule has 0 amide bonds. The average molecular weight is 344 g/mol. The predicted molar refractivity (Wildman–Crippen MR) is 96.2 cm³/mol. The van der Waals surface area contributed by atoms with Crippen LogP contribution in [-0.4, -0.2) is 12.8 Å². The van der Waals surface area contributed by atoms with Gasteiger partial charge in [0.05, 0.1) is 36.9 Å². The fraction of sp³-hybridized carbons (Fsp3) is 0.429. The van der Waals surface area contributed by atoms with Crippen LogP contribution < -0.4 is 4.74 Å². The van der Waals surface area contributed by atoms with Gasteiger partial charge in [0.1, 0.15) is 5.75 Å². The van der Waals surface area contributed by atoms with E-state index in [1.54, 1.807) is 7.11 Å². The lowest BCUT2D eigenvalue weighted by molar-refractivity contribution is 0.299. The summed E-state index contributed by atoms with van der Waals surface area (Å²) in [6, 6.07) is 13.9. The quantitative estimate of drug-likeness (QED) is 0.820. The first-order chi connectivity index (χ1) is 12.5. The molecule has 26 heavy (non-hydrogen) atoms. The molecule has 0 heterocycles. The second-order valence-electron chi connectivity index (χ2n) is 7.14. The largest absolute Gasteiger partial charge is 0.497 e. The third kappa shape index (κ3) is 2.47. The third-order valence-electron chi connectivity index (χ3n) is 5.71. The van der Waals surface area contributed by atoms with Gasteiger partial charge >= 0.3 is 0 Å². The molecule has 0 spiro atoms. The Bertz CT molecular complexity index is 865. The number of allylic oxidation sites excluding steroid dienone is 2. The number of rotatable bonds is 2. The number of methoxy groups -OCH3 is 1. The fourth-order valence-electron chi connectivity index (χ4n) is 4.38. The molecule has 0 aliphatic heterocycles. The summed E-state index contributed by atoms with van der Waals surface area (Å²) in [6.07, 6.45) is 3.56. The molecule has 1 aromatic rings. The number of nitrogens with one attached hydrogen (secondary N) is 1. The molecule has 5 nitrogen and oxygen atoms in total. The molecule has 2 aliphatic carbocycles. The first kappa shape index (κ1) is 17.7. The van der Waals surface area contributed by atoms with Crippen LogP contribution in [0, 0.1) is 62.6 Å². The Hall–Kier alpha value is -3.10. The second-order valence-corrected chi connectivity index (χ2v) is 7.14. The van der Waals surface area contributed by atoms with Crippen molar-refractivity contribution in [1.82, 2.24) is 0 Å². The number of hydrogen-bond acceptors (Lipinski definition) is 5. The van der Waals surface area contributed by atoms with Gasteiger partial charge in [0.15, 0.2) is 0 Å². The summed E-state index contributed by atoms with van der Waals surface area (Å²) in [4.78, 5) is 0. The van der Waals surface area contributed by atoms with Crippen molar-refractivity contribution in [3.05, 3.63) is 41.5 Å². The van der Waals surface area contributed by atoms with Gasteiger partial charge < -0.3 is 10.1 Å². The van der Waals surface area contributed by atoms with E-state index in [9.17, 15) is 15.8 Å². The van der Waals surface area contributed by atoms with Crippen LogP contribution in [0.15, 0.2) is 35.9 Å². The maximum atomic E-state index is 9.82. The summed E-state index contributed by atoms with van der Waals surface area (Å²) in [7, 11) is 1.60. The van der Waals surface area contributed by atoms with E-state index in [-0.39, 0.29) is 17.5 Å². The third-order valence-corrected chi connectivity index (χ3v) is 5.71. The highest BCUT2D eigenvalue weighted by Crippen LogP contribution is 2.55. The molecule has 0 unspecified atom stereocenters. The monoisotopic (exact) mass is 344 g/mol. The van der Waals surface area contributed by atoms with Crippen molar-refractivity contribution < 1.29 is 4.74 Å². The smallest absolute Gasteiger partial charge is 0.203 e. The van der Waals surface area contributed by atoms with Crippen molar-refractivity contribution in [3.8, 4) is 24.0 Å². The van der Waals surface area contributed by atoms with Crippen LogP contribution in [0.25, 0.3) is 0 Å². The van der Waals surface area contributed by atoms with Crippen LogP contribution in [0.5, 0.6) is 5.75 Å². The van der Waals surface area contributed by atoms with Gasteiger partial charge in [0, 0.05) is 5.92 Å². The Morgan fingerprint density at radius 1 is 1.15 bits per heavy atom. The van der Waals surface area contributed by atoms with Crippen LogP contribution in [-0.2, 0) is 0 Å². The molecule has 1 aromatic carbocycles. The highest BCUT2D eigenvalue weighted by molar-refractivity contribution is 6.01. The van der Waals surface area contributed by atoms with Gasteiger partial charge in [0.2, 0.25) is 5.41 Å². The van der Waals surface area contributed by atoms with Crippen LogP contribution in [0.2, 0.25) is 0 Å².